The van der Waals surface area contributed by atoms with Crippen LogP contribution >= 0.6 is 0 Å². The summed E-state index contributed by atoms with van der Waals surface area (Å²) < 4.78 is 43.9. The van der Waals surface area contributed by atoms with Gasteiger partial charge in [0, 0.05) is 32.3 Å². The van der Waals surface area contributed by atoms with E-state index < -0.39 is 10.0 Å². The Bertz CT molecular complexity index is 992. The maximum Gasteiger partial charge on any atom is 0.266 e. The second-order valence-electron chi connectivity index (χ2n) is 6.97. The minimum absolute atomic E-state index is 0.0670. The molecule has 2 saturated heterocycles. The zero-order valence-electron chi connectivity index (χ0n) is 15.6. The zero-order chi connectivity index (χ0) is 19.7. The van der Waals surface area contributed by atoms with Gasteiger partial charge < -0.3 is 18.9 Å². The number of aromatic nitrogens is 1. The first kappa shape index (κ1) is 19.0. The molecule has 2 fully saturated rings. The van der Waals surface area contributed by atoms with Gasteiger partial charge in [-0.1, -0.05) is 0 Å². The van der Waals surface area contributed by atoms with Gasteiger partial charge in [0.15, 0.2) is 5.76 Å². The molecule has 0 radical (unpaired) electrons. The molecule has 28 heavy (non-hydrogen) atoms. The highest BCUT2D eigenvalue weighted by molar-refractivity contribution is 7.89. The number of hydrogen-bond donors (Lipinski definition) is 1. The van der Waals surface area contributed by atoms with E-state index in [1.54, 1.807) is 6.92 Å². The Hall–Kier alpha value is -2.35. The molecule has 0 aromatic carbocycles. The van der Waals surface area contributed by atoms with E-state index in [9.17, 15) is 13.7 Å². The van der Waals surface area contributed by atoms with Gasteiger partial charge in [0.05, 0.1) is 6.10 Å². The number of oxazole rings is 1. The van der Waals surface area contributed by atoms with Crippen molar-refractivity contribution in [2.75, 3.05) is 31.6 Å². The maximum absolute atomic E-state index is 12.8. The van der Waals surface area contributed by atoms with Crippen molar-refractivity contribution in [2.24, 2.45) is 0 Å². The van der Waals surface area contributed by atoms with Crippen molar-refractivity contribution < 1.29 is 22.0 Å². The highest BCUT2D eigenvalue weighted by Crippen LogP contribution is 2.33. The SMILES string of the molecule is Cc1oc(-c2nc(C#N)c(NC[C@@H]3CCCO3)o2)cc1S(=O)(=O)N1CCCC1. The van der Waals surface area contributed by atoms with Crippen molar-refractivity contribution >= 4 is 15.9 Å². The lowest BCUT2D eigenvalue weighted by Gasteiger charge is -2.14. The van der Waals surface area contributed by atoms with Crippen LogP contribution in [-0.2, 0) is 14.8 Å². The largest absolute Gasteiger partial charge is 0.455 e. The number of rotatable bonds is 6. The number of aryl methyl sites for hydroxylation is 1. The predicted molar refractivity (Wildman–Crippen MR) is 99.1 cm³/mol. The molecule has 4 rings (SSSR count). The highest BCUT2D eigenvalue weighted by Gasteiger charge is 2.32. The standard InChI is InChI=1S/C18H22N4O5S/c1-12-16(28(23,24)22-6-2-3-7-22)9-15(26-12)18-21-14(10-19)17(27-18)20-11-13-5-4-8-25-13/h9,13,20H,2-8,11H2,1H3/t13-/m0/s1. The second kappa shape index (κ2) is 7.58. The first-order chi connectivity index (χ1) is 13.5. The highest BCUT2D eigenvalue weighted by atomic mass is 32.2. The summed E-state index contributed by atoms with van der Waals surface area (Å²) in [7, 11) is -3.61. The molecule has 0 saturated carbocycles. The maximum atomic E-state index is 12.8. The van der Waals surface area contributed by atoms with Crippen molar-refractivity contribution in [1.82, 2.24) is 9.29 Å². The van der Waals surface area contributed by atoms with Crippen LogP contribution in [0.4, 0.5) is 5.88 Å². The Balaban J connectivity index is 1.58. The fourth-order valence-corrected chi connectivity index (χ4v) is 5.21. The van der Waals surface area contributed by atoms with Gasteiger partial charge in [-0.25, -0.2) is 8.42 Å². The second-order valence-corrected chi connectivity index (χ2v) is 8.87. The minimum Gasteiger partial charge on any atom is -0.455 e. The van der Waals surface area contributed by atoms with E-state index in [4.69, 9.17) is 13.6 Å². The molecule has 0 spiro atoms. The quantitative estimate of drug-likeness (QED) is 0.776. The van der Waals surface area contributed by atoms with E-state index in [-0.39, 0.29) is 40.0 Å². The molecular formula is C18H22N4O5S. The van der Waals surface area contributed by atoms with Crippen LogP contribution in [0.15, 0.2) is 19.8 Å². The average Bonchev–Trinajstić information content (AvgIpc) is 3.46. The molecule has 0 bridgehead atoms. The molecule has 0 unspecified atom stereocenters. The lowest BCUT2D eigenvalue weighted by Crippen LogP contribution is -2.27. The Labute approximate surface area is 163 Å². The smallest absolute Gasteiger partial charge is 0.266 e. The van der Waals surface area contributed by atoms with E-state index in [0.717, 1.165) is 32.3 Å². The van der Waals surface area contributed by atoms with Crippen molar-refractivity contribution in [3.05, 3.63) is 17.5 Å². The van der Waals surface area contributed by atoms with Gasteiger partial charge >= 0.3 is 0 Å². The summed E-state index contributed by atoms with van der Waals surface area (Å²) >= 11 is 0. The fraction of sp³-hybridized carbons (Fsp3) is 0.556. The van der Waals surface area contributed by atoms with Crippen LogP contribution in [0.5, 0.6) is 0 Å². The molecule has 2 aromatic rings. The molecule has 2 aliphatic heterocycles. The van der Waals surface area contributed by atoms with Crippen LogP contribution in [0.3, 0.4) is 0 Å². The van der Waals surface area contributed by atoms with E-state index in [2.05, 4.69) is 10.3 Å². The van der Waals surface area contributed by atoms with Crippen LogP contribution in [0.2, 0.25) is 0 Å². The number of anilines is 1. The number of ether oxygens (including phenoxy) is 1. The summed E-state index contributed by atoms with van der Waals surface area (Å²) in [6.45, 7) is 3.86. The lowest BCUT2D eigenvalue weighted by atomic mass is 10.2. The summed E-state index contributed by atoms with van der Waals surface area (Å²) in [5.41, 5.74) is 0.0889. The van der Waals surface area contributed by atoms with E-state index in [0.29, 0.717) is 19.6 Å². The monoisotopic (exact) mass is 406 g/mol. The van der Waals surface area contributed by atoms with Gasteiger partial charge in [0.25, 0.3) is 5.89 Å². The zero-order valence-corrected chi connectivity index (χ0v) is 16.4. The first-order valence-corrected chi connectivity index (χ1v) is 10.8. The molecule has 2 aliphatic rings. The van der Waals surface area contributed by atoms with Crippen LogP contribution in [0, 0.1) is 18.3 Å². The van der Waals surface area contributed by atoms with E-state index >= 15 is 0 Å². The van der Waals surface area contributed by atoms with E-state index in [1.165, 1.54) is 10.4 Å². The number of sulfonamides is 1. The molecule has 0 aliphatic carbocycles. The Morgan fingerprint density at radius 3 is 2.79 bits per heavy atom. The number of nitriles is 1. The predicted octanol–water partition coefficient (Wildman–Crippen LogP) is 2.49. The van der Waals surface area contributed by atoms with Crippen LogP contribution in [-0.4, -0.2) is 50.1 Å². The summed E-state index contributed by atoms with van der Waals surface area (Å²) in [5.74, 6) is 0.743. The van der Waals surface area contributed by atoms with Gasteiger partial charge in [-0.2, -0.15) is 14.6 Å². The lowest BCUT2D eigenvalue weighted by molar-refractivity contribution is 0.120. The summed E-state index contributed by atoms with van der Waals surface area (Å²) in [4.78, 5) is 4.25. The molecule has 9 nitrogen and oxygen atoms in total. The summed E-state index contributed by atoms with van der Waals surface area (Å²) in [6, 6.07) is 3.40. The number of hydrogen-bond acceptors (Lipinski definition) is 8. The van der Waals surface area contributed by atoms with Crippen molar-refractivity contribution in [3.63, 3.8) is 0 Å². The van der Waals surface area contributed by atoms with Gasteiger partial charge in [-0.05, 0) is 32.6 Å². The summed E-state index contributed by atoms with van der Waals surface area (Å²) in [6.07, 6.45) is 3.75. The van der Waals surface area contributed by atoms with Crippen LogP contribution in [0.25, 0.3) is 11.7 Å². The van der Waals surface area contributed by atoms with Gasteiger partial charge in [0.1, 0.15) is 16.7 Å². The van der Waals surface area contributed by atoms with Gasteiger partial charge in [-0.15, -0.1) is 0 Å². The van der Waals surface area contributed by atoms with Crippen molar-refractivity contribution in [3.8, 4) is 17.7 Å². The molecule has 0 amide bonds. The van der Waals surface area contributed by atoms with Crippen LogP contribution < -0.4 is 5.32 Å². The number of nitrogens with zero attached hydrogens (tertiary/aromatic N) is 3. The first-order valence-electron chi connectivity index (χ1n) is 9.36. The number of furan rings is 1. The molecule has 150 valence electrons. The van der Waals surface area contributed by atoms with Gasteiger partial charge in [0.2, 0.25) is 21.6 Å². The normalized spacial score (nSPS) is 20.5. The van der Waals surface area contributed by atoms with Crippen molar-refractivity contribution in [2.45, 2.75) is 43.6 Å². The third-order valence-electron chi connectivity index (χ3n) is 5.01. The fourth-order valence-electron chi connectivity index (χ4n) is 3.53. The number of nitrogens with one attached hydrogen (secondary N) is 1. The van der Waals surface area contributed by atoms with Crippen molar-refractivity contribution in [1.29, 1.82) is 5.26 Å². The molecule has 2 aromatic heterocycles. The summed E-state index contributed by atoms with van der Waals surface area (Å²) in [5, 5.41) is 12.4. The Morgan fingerprint density at radius 2 is 2.11 bits per heavy atom. The minimum atomic E-state index is -3.61. The molecule has 4 heterocycles. The van der Waals surface area contributed by atoms with E-state index in [1.807, 2.05) is 6.07 Å². The van der Waals surface area contributed by atoms with Crippen LogP contribution in [0.1, 0.15) is 37.1 Å². The third-order valence-corrected chi connectivity index (χ3v) is 7.02. The van der Waals surface area contributed by atoms with Gasteiger partial charge in [-0.3, -0.25) is 0 Å². The third kappa shape index (κ3) is 3.53. The Morgan fingerprint density at radius 1 is 1.32 bits per heavy atom. The average molecular weight is 406 g/mol. The molecule has 1 N–H and O–H groups in total. The molecule has 1 atom stereocenters. The molecular weight excluding hydrogens is 384 g/mol. The Kier molecular flexibility index (Phi) is 5.14. The topological polar surface area (TPSA) is 122 Å². The molecule has 10 heteroatoms.